The smallest absolute Gasteiger partial charge is 0.314 e. The molecule has 1 aliphatic rings. The lowest BCUT2D eigenvalue weighted by Gasteiger charge is -2.36. The van der Waals surface area contributed by atoms with Gasteiger partial charge in [-0.25, -0.2) is 4.39 Å². The van der Waals surface area contributed by atoms with E-state index in [1.165, 1.54) is 12.1 Å². The van der Waals surface area contributed by atoms with Gasteiger partial charge < -0.3 is 5.32 Å². The molecule has 1 aromatic rings. The normalized spacial score (nSPS) is 17.1. The van der Waals surface area contributed by atoms with Crippen LogP contribution in [0.4, 0.5) is 17.6 Å². The maximum atomic E-state index is 13.2. The number of rotatable bonds is 4. The number of piperazine rings is 1. The summed E-state index contributed by atoms with van der Waals surface area (Å²) in [5.74, 6) is -0.402. The van der Waals surface area contributed by atoms with Crippen LogP contribution in [0.1, 0.15) is 24.4 Å². The molecule has 1 fully saturated rings. The fourth-order valence-electron chi connectivity index (χ4n) is 2.60. The summed E-state index contributed by atoms with van der Waals surface area (Å²) in [7, 11) is 0. The number of alkyl halides is 3. The molecule has 1 aliphatic heterocycles. The van der Waals surface area contributed by atoms with Gasteiger partial charge in [-0.05, 0) is 24.1 Å². The van der Waals surface area contributed by atoms with Gasteiger partial charge in [-0.15, -0.1) is 24.8 Å². The Kier molecular flexibility index (Phi) is 10.00. The molecule has 9 heteroatoms. The molecule has 0 unspecified atom stereocenters. The lowest BCUT2D eigenvalue weighted by Crippen LogP contribution is -2.45. The van der Waals surface area contributed by atoms with Crippen molar-refractivity contribution >= 4 is 40.7 Å². The molecule has 0 bridgehead atoms. The van der Waals surface area contributed by atoms with Crippen LogP contribution in [-0.4, -0.2) is 37.3 Å². The quantitative estimate of drug-likeness (QED) is 0.680. The summed E-state index contributed by atoms with van der Waals surface area (Å²) in [6.45, 7) is 2.88. The van der Waals surface area contributed by atoms with Crippen molar-refractivity contribution < 1.29 is 17.6 Å². The first-order valence-corrected chi connectivity index (χ1v) is 7.62. The molecule has 0 saturated carbocycles. The Hall–Kier alpha value is -0.0800. The van der Waals surface area contributed by atoms with Crippen LogP contribution in [0.5, 0.6) is 0 Å². The molecule has 2 rings (SSSR count). The predicted octanol–water partition coefficient (Wildman–Crippen LogP) is 4.72. The molecule has 23 heavy (non-hydrogen) atoms. The van der Waals surface area contributed by atoms with E-state index >= 15 is 0 Å². The highest BCUT2D eigenvalue weighted by Crippen LogP contribution is 2.35. The van der Waals surface area contributed by atoms with Gasteiger partial charge in [0.25, 0.3) is 0 Å². The second kappa shape index (κ2) is 10.0. The van der Waals surface area contributed by atoms with Crippen LogP contribution in [0.3, 0.4) is 0 Å². The van der Waals surface area contributed by atoms with Crippen molar-refractivity contribution in [2.75, 3.05) is 26.2 Å². The highest BCUT2D eigenvalue weighted by molar-refractivity contribution is 9.10. The molecule has 1 atom stereocenters. The molecule has 0 amide bonds. The van der Waals surface area contributed by atoms with E-state index in [4.69, 9.17) is 0 Å². The van der Waals surface area contributed by atoms with E-state index in [0.717, 1.165) is 13.1 Å². The molecule has 0 aromatic heterocycles. The third-order valence-corrected chi connectivity index (χ3v) is 4.30. The van der Waals surface area contributed by atoms with Crippen LogP contribution in [0, 0.1) is 5.82 Å². The lowest BCUT2D eigenvalue weighted by molar-refractivity contribution is -0.138. The Morgan fingerprint density at radius 3 is 2.30 bits per heavy atom. The number of nitrogens with zero attached hydrogens (tertiary/aromatic N) is 1. The minimum atomic E-state index is -4.18. The van der Waals surface area contributed by atoms with Crippen molar-refractivity contribution in [1.29, 1.82) is 0 Å². The van der Waals surface area contributed by atoms with Gasteiger partial charge in [-0.2, -0.15) is 13.2 Å². The standard InChI is InChI=1S/C14H17BrF4N2.2ClH/c15-12-9-10(16)1-2-11(12)13(3-4-14(17,18)19)21-7-5-20-6-8-21;;/h1-2,9,13,20H,3-8H2;2*1H/t13-;;/m1../s1. The minimum Gasteiger partial charge on any atom is -0.314 e. The van der Waals surface area contributed by atoms with Crippen LogP contribution in [-0.2, 0) is 0 Å². The largest absolute Gasteiger partial charge is 0.389 e. The highest BCUT2D eigenvalue weighted by Gasteiger charge is 2.32. The van der Waals surface area contributed by atoms with Crippen LogP contribution in [0.15, 0.2) is 22.7 Å². The van der Waals surface area contributed by atoms with E-state index in [9.17, 15) is 17.6 Å². The SMILES string of the molecule is Cl.Cl.Fc1ccc([C@@H](CCC(F)(F)F)N2CCNCC2)c(Br)c1. The average Bonchev–Trinajstić information content (AvgIpc) is 2.41. The van der Waals surface area contributed by atoms with E-state index in [2.05, 4.69) is 21.2 Å². The second-order valence-corrected chi connectivity index (χ2v) is 5.98. The first kappa shape index (κ1) is 22.9. The van der Waals surface area contributed by atoms with Gasteiger partial charge >= 0.3 is 6.18 Å². The average molecular weight is 442 g/mol. The summed E-state index contributed by atoms with van der Waals surface area (Å²) in [4.78, 5) is 2.03. The molecule has 0 spiro atoms. The van der Waals surface area contributed by atoms with Crippen LogP contribution < -0.4 is 5.32 Å². The Morgan fingerprint density at radius 1 is 1.17 bits per heavy atom. The zero-order valence-electron chi connectivity index (χ0n) is 12.2. The maximum Gasteiger partial charge on any atom is 0.389 e. The van der Waals surface area contributed by atoms with Gasteiger partial charge in [0.05, 0.1) is 0 Å². The molecule has 1 heterocycles. The highest BCUT2D eigenvalue weighted by atomic mass is 79.9. The molecule has 1 N–H and O–H groups in total. The first-order chi connectivity index (χ1) is 9.87. The molecule has 1 saturated heterocycles. The van der Waals surface area contributed by atoms with E-state index in [1.807, 2.05) is 4.90 Å². The molecule has 134 valence electrons. The van der Waals surface area contributed by atoms with Crippen molar-refractivity contribution in [1.82, 2.24) is 10.2 Å². The number of benzene rings is 1. The van der Waals surface area contributed by atoms with Crippen molar-refractivity contribution in [2.24, 2.45) is 0 Å². The monoisotopic (exact) mass is 440 g/mol. The van der Waals surface area contributed by atoms with Crippen molar-refractivity contribution in [3.05, 3.63) is 34.1 Å². The van der Waals surface area contributed by atoms with E-state index in [-0.39, 0.29) is 37.3 Å². The Bertz CT molecular complexity index is 482. The van der Waals surface area contributed by atoms with E-state index < -0.39 is 18.4 Å². The summed E-state index contributed by atoms with van der Waals surface area (Å²) in [6, 6.07) is 3.81. The number of halogens is 7. The fraction of sp³-hybridized carbons (Fsp3) is 0.571. The Balaban J connectivity index is 0.00000242. The summed E-state index contributed by atoms with van der Waals surface area (Å²) in [5.41, 5.74) is 0.711. The van der Waals surface area contributed by atoms with E-state index in [0.29, 0.717) is 23.1 Å². The number of nitrogens with one attached hydrogen (secondary N) is 1. The third-order valence-electron chi connectivity index (χ3n) is 3.62. The summed E-state index contributed by atoms with van der Waals surface area (Å²) in [6.07, 6.45) is -5.04. The van der Waals surface area contributed by atoms with E-state index in [1.54, 1.807) is 6.07 Å². The van der Waals surface area contributed by atoms with Crippen molar-refractivity contribution in [3.63, 3.8) is 0 Å². The minimum absolute atomic E-state index is 0. The van der Waals surface area contributed by atoms with Gasteiger partial charge in [0.1, 0.15) is 5.82 Å². The zero-order valence-corrected chi connectivity index (χ0v) is 15.4. The Morgan fingerprint density at radius 2 is 1.78 bits per heavy atom. The zero-order chi connectivity index (χ0) is 15.5. The molecular formula is C14H19BrCl2F4N2. The molecule has 0 radical (unpaired) electrons. The number of hydrogen-bond acceptors (Lipinski definition) is 2. The van der Waals surface area contributed by atoms with Crippen molar-refractivity contribution in [3.8, 4) is 0 Å². The maximum absolute atomic E-state index is 13.2. The lowest BCUT2D eigenvalue weighted by atomic mass is 9.99. The van der Waals surface area contributed by atoms with Gasteiger partial charge in [-0.3, -0.25) is 4.90 Å². The fourth-order valence-corrected chi connectivity index (χ4v) is 3.22. The van der Waals surface area contributed by atoms with Crippen LogP contribution >= 0.6 is 40.7 Å². The van der Waals surface area contributed by atoms with Gasteiger partial charge in [0.2, 0.25) is 0 Å². The Labute approximate surface area is 153 Å². The number of hydrogen-bond donors (Lipinski definition) is 1. The molecule has 0 aliphatic carbocycles. The predicted molar refractivity (Wildman–Crippen MR) is 91.1 cm³/mol. The van der Waals surface area contributed by atoms with Gasteiger partial charge in [0, 0.05) is 43.1 Å². The summed E-state index contributed by atoms with van der Waals surface area (Å²) < 4.78 is 51.4. The van der Waals surface area contributed by atoms with Gasteiger partial charge in [-0.1, -0.05) is 22.0 Å². The summed E-state index contributed by atoms with van der Waals surface area (Å²) >= 11 is 3.27. The summed E-state index contributed by atoms with van der Waals surface area (Å²) in [5, 5.41) is 3.18. The first-order valence-electron chi connectivity index (χ1n) is 6.83. The van der Waals surface area contributed by atoms with Crippen molar-refractivity contribution in [2.45, 2.75) is 25.1 Å². The van der Waals surface area contributed by atoms with Gasteiger partial charge in [0.15, 0.2) is 0 Å². The molecule has 2 nitrogen and oxygen atoms in total. The topological polar surface area (TPSA) is 15.3 Å². The molecule has 1 aromatic carbocycles. The van der Waals surface area contributed by atoms with Crippen LogP contribution in [0.25, 0.3) is 0 Å². The molecular weight excluding hydrogens is 423 g/mol. The second-order valence-electron chi connectivity index (χ2n) is 5.12. The van der Waals surface area contributed by atoms with Crippen LogP contribution in [0.2, 0.25) is 0 Å². The third kappa shape index (κ3) is 7.13.